The molecule has 0 aromatic heterocycles. The van der Waals surface area contributed by atoms with E-state index in [4.69, 9.17) is 4.74 Å². The molecule has 23 heavy (non-hydrogen) atoms. The van der Waals surface area contributed by atoms with Crippen molar-refractivity contribution in [2.24, 2.45) is 5.18 Å². The molecule has 0 saturated carbocycles. The van der Waals surface area contributed by atoms with Crippen LogP contribution in [0.1, 0.15) is 0 Å². The second-order valence-electron chi connectivity index (χ2n) is 5.44. The molecule has 122 valence electrons. The van der Waals surface area contributed by atoms with Crippen molar-refractivity contribution in [3.8, 4) is 11.5 Å². The number of phenolic OH excluding ortho intramolecular Hbond substituents is 2. The molecule has 1 saturated heterocycles. The number of ether oxygens (including phenoxy) is 1. The van der Waals surface area contributed by atoms with Crippen LogP contribution in [0.5, 0.6) is 11.5 Å². The number of hydrogen-bond acceptors (Lipinski definition) is 7. The van der Waals surface area contributed by atoms with Gasteiger partial charge in [-0.15, -0.1) is 4.91 Å². The lowest BCUT2D eigenvalue weighted by atomic mass is 10.1. The van der Waals surface area contributed by atoms with Crippen molar-refractivity contribution in [1.82, 2.24) is 4.90 Å². The minimum Gasteiger partial charge on any atom is -0.505 e. The molecule has 1 fully saturated rings. The number of nitrogens with zero attached hydrogens (tertiary/aromatic N) is 2. The molecule has 0 atom stereocenters. The zero-order chi connectivity index (χ0) is 16.2. The minimum absolute atomic E-state index is 0.0741. The van der Waals surface area contributed by atoms with Crippen LogP contribution in [-0.4, -0.2) is 54.5 Å². The number of aromatic hydroxyl groups is 2. The van der Waals surface area contributed by atoms with Crippen LogP contribution in [0, 0.1) is 4.91 Å². The average molecular weight is 317 g/mol. The lowest BCUT2D eigenvalue weighted by Gasteiger charge is -2.26. The van der Waals surface area contributed by atoms with Crippen LogP contribution in [0.15, 0.2) is 29.4 Å². The molecule has 0 amide bonds. The number of nitrogens with one attached hydrogen (secondary N) is 1. The van der Waals surface area contributed by atoms with Crippen molar-refractivity contribution in [2.45, 2.75) is 0 Å². The van der Waals surface area contributed by atoms with E-state index in [0.29, 0.717) is 30.5 Å². The molecule has 0 bridgehead atoms. The molecule has 1 aliphatic heterocycles. The topological polar surface area (TPSA) is 94.4 Å². The fourth-order valence-corrected chi connectivity index (χ4v) is 2.81. The van der Waals surface area contributed by atoms with Gasteiger partial charge in [0.2, 0.25) is 0 Å². The molecule has 1 aliphatic rings. The van der Waals surface area contributed by atoms with Gasteiger partial charge in [0.1, 0.15) is 11.4 Å². The lowest BCUT2D eigenvalue weighted by molar-refractivity contribution is 0.0398. The Labute approximate surface area is 133 Å². The highest BCUT2D eigenvalue weighted by atomic mass is 16.5. The van der Waals surface area contributed by atoms with E-state index >= 15 is 0 Å². The number of morpholine rings is 1. The predicted octanol–water partition coefficient (Wildman–Crippen LogP) is 2.39. The molecule has 0 spiro atoms. The fourth-order valence-electron chi connectivity index (χ4n) is 2.81. The van der Waals surface area contributed by atoms with Gasteiger partial charge in [0.05, 0.1) is 13.2 Å². The smallest absolute Gasteiger partial charge is 0.177 e. The SMILES string of the molecule is O=Nc1c(NCCN2CCOCC2)c(O)c2ccccc2c1O. The highest BCUT2D eigenvalue weighted by Crippen LogP contribution is 2.48. The van der Waals surface area contributed by atoms with Crippen molar-refractivity contribution < 1.29 is 14.9 Å². The summed E-state index contributed by atoms with van der Waals surface area (Å²) in [5.41, 5.74) is 0.00707. The van der Waals surface area contributed by atoms with Crippen LogP contribution in [0.3, 0.4) is 0 Å². The van der Waals surface area contributed by atoms with Gasteiger partial charge < -0.3 is 20.3 Å². The minimum atomic E-state index is -0.220. The third kappa shape index (κ3) is 3.06. The zero-order valence-electron chi connectivity index (χ0n) is 12.7. The van der Waals surface area contributed by atoms with E-state index in [9.17, 15) is 15.1 Å². The monoisotopic (exact) mass is 317 g/mol. The maximum Gasteiger partial charge on any atom is 0.177 e. The zero-order valence-corrected chi connectivity index (χ0v) is 12.7. The summed E-state index contributed by atoms with van der Waals surface area (Å²) in [6.07, 6.45) is 0. The maximum atomic E-state index is 11.1. The number of benzene rings is 2. The Morgan fingerprint density at radius 1 is 1.13 bits per heavy atom. The molecule has 2 aromatic rings. The summed E-state index contributed by atoms with van der Waals surface area (Å²) in [4.78, 5) is 13.3. The van der Waals surface area contributed by atoms with E-state index < -0.39 is 0 Å². The van der Waals surface area contributed by atoms with Crippen LogP contribution in [-0.2, 0) is 4.74 Å². The standard InChI is InChI=1S/C16H19N3O4/c20-15-11-3-1-2-4-12(11)16(21)14(18-22)13(15)17-5-6-19-7-9-23-10-8-19/h1-4,17,20-21H,5-10H2. The van der Waals surface area contributed by atoms with Gasteiger partial charge in [0.25, 0.3) is 0 Å². The summed E-state index contributed by atoms with van der Waals surface area (Å²) in [5.74, 6) is -0.294. The van der Waals surface area contributed by atoms with Crippen LogP contribution < -0.4 is 5.32 Å². The summed E-state index contributed by atoms with van der Waals surface area (Å²) in [7, 11) is 0. The summed E-state index contributed by atoms with van der Waals surface area (Å²) in [5, 5.41) is 27.4. The van der Waals surface area contributed by atoms with Crippen molar-refractivity contribution in [1.29, 1.82) is 0 Å². The molecule has 1 heterocycles. The second kappa shape index (κ2) is 6.80. The molecule has 7 heteroatoms. The number of nitroso groups, excluding NO2 is 1. The Kier molecular flexibility index (Phi) is 4.59. The first-order valence-electron chi connectivity index (χ1n) is 7.56. The predicted molar refractivity (Wildman–Crippen MR) is 88.5 cm³/mol. The van der Waals surface area contributed by atoms with Crippen LogP contribution in [0.25, 0.3) is 10.8 Å². The van der Waals surface area contributed by atoms with Gasteiger partial charge in [-0.25, -0.2) is 0 Å². The van der Waals surface area contributed by atoms with Gasteiger partial charge >= 0.3 is 0 Å². The number of phenols is 2. The van der Waals surface area contributed by atoms with E-state index in [1.807, 2.05) is 0 Å². The van der Waals surface area contributed by atoms with E-state index in [-0.39, 0.29) is 22.9 Å². The molecule has 0 aliphatic carbocycles. The maximum absolute atomic E-state index is 11.1. The van der Waals surface area contributed by atoms with Crippen LogP contribution >= 0.6 is 0 Å². The average Bonchev–Trinajstić information content (AvgIpc) is 2.60. The highest BCUT2D eigenvalue weighted by Gasteiger charge is 2.19. The molecule has 3 N–H and O–H groups in total. The highest BCUT2D eigenvalue weighted by molar-refractivity contribution is 6.03. The molecule has 0 radical (unpaired) electrons. The Morgan fingerprint density at radius 3 is 2.43 bits per heavy atom. The first-order chi connectivity index (χ1) is 11.2. The second-order valence-corrected chi connectivity index (χ2v) is 5.44. The van der Waals surface area contributed by atoms with E-state index in [2.05, 4.69) is 15.4 Å². The van der Waals surface area contributed by atoms with E-state index in [0.717, 1.165) is 19.6 Å². The van der Waals surface area contributed by atoms with Gasteiger partial charge in [-0.2, -0.15) is 0 Å². The third-order valence-corrected chi connectivity index (χ3v) is 4.06. The van der Waals surface area contributed by atoms with Gasteiger partial charge in [-0.3, -0.25) is 4.90 Å². The normalized spacial score (nSPS) is 15.7. The molecule has 0 unspecified atom stereocenters. The van der Waals surface area contributed by atoms with Crippen molar-refractivity contribution >= 4 is 22.1 Å². The fraction of sp³-hybridized carbons (Fsp3) is 0.375. The van der Waals surface area contributed by atoms with Gasteiger partial charge in [0, 0.05) is 37.0 Å². The summed E-state index contributed by atoms with van der Waals surface area (Å²) in [6.45, 7) is 4.40. The van der Waals surface area contributed by atoms with E-state index in [1.165, 1.54) is 0 Å². The largest absolute Gasteiger partial charge is 0.505 e. The van der Waals surface area contributed by atoms with E-state index in [1.54, 1.807) is 24.3 Å². The Bertz CT molecular complexity index is 714. The molecule has 2 aromatic carbocycles. The number of rotatable bonds is 5. The summed E-state index contributed by atoms with van der Waals surface area (Å²) < 4.78 is 5.29. The Morgan fingerprint density at radius 2 is 1.78 bits per heavy atom. The summed E-state index contributed by atoms with van der Waals surface area (Å²) in [6, 6.07) is 6.80. The number of anilines is 1. The number of fused-ring (bicyclic) bond motifs is 1. The van der Waals surface area contributed by atoms with Crippen LogP contribution in [0.2, 0.25) is 0 Å². The lowest BCUT2D eigenvalue weighted by Crippen LogP contribution is -2.39. The summed E-state index contributed by atoms with van der Waals surface area (Å²) >= 11 is 0. The van der Waals surface area contributed by atoms with Gasteiger partial charge in [-0.1, -0.05) is 24.3 Å². The Hall–Kier alpha value is -2.38. The molecular formula is C16H19N3O4. The molecular weight excluding hydrogens is 298 g/mol. The number of hydrogen-bond donors (Lipinski definition) is 3. The first kappa shape index (κ1) is 15.5. The van der Waals surface area contributed by atoms with Gasteiger partial charge in [0.15, 0.2) is 11.4 Å². The quantitative estimate of drug-likeness (QED) is 0.445. The first-order valence-corrected chi connectivity index (χ1v) is 7.56. The van der Waals surface area contributed by atoms with Crippen molar-refractivity contribution in [3.63, 3.8) is 0 Å². The molecule has 3 rings (SSSR count). The Balaban J connectivity index is 1.84. The molecule has 7 nitrogen and oxygen atoms in total. The van der Waals surface area contributed by atoms with Crippen LogP contribution in [0.4, 0.5) is 11.4 Å². The van der Waals surface area contributed by atoms with Crippen molar-refractivity contribution in [3.05, 3.63) is 29.2 Å². The van der Waals surface area contributed by atoms with Gasteiger partial charge in [-0.05, 0) is 5.18 Å². The van der Waals surface area contributed by atoms with Crippen molar-refractivity contribution in [2.75, 3.05) is 44.7 Å². The third-order valence-electron chi connectivity index (χ3n) is 4.06.